The monoisotopic (exact) mass is 270 g/mol. The van der Waals surface area contributed by atoms with Crippen molar-refractivity contribution >= 4 is 12.4 Å². The Labute approximate surface area is 115 Å². The van der Waals surface area contributed by atoms with Gasteiger partial charge in [0.05, 0.1) is 5.69 Å². The maximum Gasteiger partial charge on any atom is 0.0639 e. The second kappa shape index (κ2) is 5.19. The van der Waals surface area contributed by atoms with Crippen LogP contribution in [0.15, 0.2) is 0 Å². The zero-order chi connectivity index (χ0) is 11.9. The van der Waals surface area contributed by atoms with Gasteiger partial charge in [-0.3, -0.25) is 10.00 Å². The van der Waals surface area contributed by atoms with Gasteiger partial charge in [-0.1, -0.05) is 0 Å². The van der Waals surface area contributed by atoms with Crippen molar-refractivity contribution in [3.8, 4) is 0 Å². The summed E-state index contributed by atoms with van der Waals surface area (Å²) < 4.78 is 0. The fourth-order valence-electron chi connectivity index (χ4n) is 3.34. The van der Waals surface area contributed by atoms with Crippen molar-refractivity contribution in [3.63, 3.8) is 0 Å². The third-order valence-corrected chi connectivity index (χ3v) is 4.51. The van der Waals surface area contributed by atoms with Crippen LogP contribution in [0.3, 0.4) is 0 Å². The first kappa shape index (κ1) is 13.8. The van der Waals surface area contributed by atoms with E-state index >= 15 is 0 Å². The number of H-pyrrole nitrogens is 1. The Morgan fingerprint density at radius 3 is 2.78 bits per heavy atom. The molecule has 2 N–H and O–H groups in total. The molecule has 0 bridgehead atoms. The molecular weight excluding hydrogens is 248 g/mol. The topological polar surface area (TPSA) is 44.0 Å². The highest BCUT2D eigenvalue weighted by molar-refractivity contribution is 5.85. The number of halogens is 1. The Morgan fingerprint density at radius 2 is 2.17 bits per heavy atom. The Balaban J connectivity index is 0.00000120. The standard InChI is InChI=1S/C13H22N4.ClH/c1-10-12(11(2)16-15-10)7-17-6-4-13(9-17)3-5-14-8-13;/h14H,3-9H2,1-2H3,(H,15,16);1H. The molecule has 4 nitrogen and oxygen atoms in total. The molecule has 0 saturated carbocycles. The lowest BCUT2D eigenvalue weighted by Crippen LogP contribution is -2.29. The summed E-state index contributed by atoms with van der Waals surface area (Å²) in [7, 11) is 0. The third kappa shape index (κ3) is 2.42. The van der Waals surface area contributed by atoms with Crippen LogP contribution in [0.5, 0.6) is 0 Å². The summed E-state index contributed by atoms with van der Waals surface area (Å²) in [6.45, 7) is 10.2. The lowest BCUT2D eigenvalue weighted by Gasteiger charge is -2.22. The fraction of sp³-hybridized carbons (Fsp3) is 0.769. The van der Waals surface area contributed by atoms with Crippen molar-refractivity contribution < 1.29 is 0 Å². The van der Waals surface area contributed by atoms with Crippen LogP contribution >= 0.6 is 12.4 Å². The smallest absolute Gasteiger partial charge is 0.0639 e. The van der Waals surface area contributed by atoms with Crippen LogP contribution in [0, 0.1) is 19.3 Å². The molecular formula is C13H23ClN4. The predicted octanol–water partition coefficient (Wildman–Crippen LogP) is 1.63. The minimum absolute atomic E-state index is 0. The summed E-state index contributed by atoms with van der Waals surface area (Å²) in [5.41, 5.74) is 4.36. The van der Waals surface area contributed by atoms with Crippen molar-refractivity contribution in [2.45, 2.75) is 33.2 Å². The van der Waals surface area contributed by atoms with Crippen molar-refractivity contribution in [1.29, 1.82) is 0 Å². The Bertz CT molecular complexity index is 390. The number of hydrogen-bond acceptors (Lipinski definition) is 3. The summed E-state index contributed by atoms with van der Waals surface area (Å²) >= 11 is 0. The molecule has 1 atom stereocenters. The summed E-state index contributed by atoms with van der Waals surface area (Å²) in [5.74, 6) is 0. The highest BCUT2D eigenvalue weighted by atomic mass is 35.5. The van der Waals surface area contributed by atoms with Crippen LogP contribution in [0.4, 0.5) is 0 Å². The van der Waals surface area contributed by atoms with E-state index in [1.807, 2.05) is 0 Å². The Kier molecular flexibility index (Phi) is 3.99. The molecule has 1 unspecified atom stereocenters. The SMILES string of the molecule is Cc1n[nH]c(C)c1CN1CCC2(CCNC2)C1.Cl. The number of aromatic amines is 1. The molecule has 2 aliphatic rings. The van der Waals surface area contributed by atoms with E-state index in [4.69, 9.17) is 0 Å². The van der Waals surface area contributed by atoms with E-state index in [0.29, 0.717) is 5.41 Å². The lowest BCUT2D eigenvalue weighted by atomic mass is 9.86. The van der Waals surface area contributed by atoms with E-state index in [1.54, 1.807) is 0 Å². The van der Waals surface area contributed by atoms with Crippen LogP contribution in [-0.2, 0) is 6.54 Å². The van der Waals surface area contributed by atoms with Crippen molar-refractivity contribution in [1.82, 2.24) is 20.4 Å². The zero-order valence-corrected chi connectivity index (χ0v) is 12.1. The van der Waals surface area contributed by atoms with Crippen molar-refractivity contribution in [2.75, 3.05) is 26.2 Å². The highest BCUT2D eigenvalue weighted by Gasteiger charge is 2.40. The summed E-state index contributed by atoms with van der Waals surface area (Å²) in [5, 5.41) is 10.9. The van der Waals surface area contributed by atoms with Gasteiger partial charge in [-0.05, 0) is 45.2 Å². The molecule has 1 aromatic heterocycles. The van der Waals surface area contributed by atoms with E-state index < -0.39 is 0 Å². The number of nitrogens with one attached hydrogen (secondary N) is 2. The predicted molar refractivity (Wildman–Crippen MR) is 75.1 cm³/mol. The molecule has 1 aromatic rings. The number of aromatic nitrogens is 2. The van der Waals surface area contributed by atoms with Gasteiger partial charge in [0, 0.05) is 30.9 Å². The quantitative estimate of drug-likeness (QED) is 0.859. The lowest BCUT2D eigenvalue weighted by molar-refractivity contribution is 0.268. The summed E-state index contributed by atoms with van der Waals surface area (Å²) in [6, 6.07) is 0. The zero-order valence-electron chi connectivity index (χ0n) is 11.3. The molecule has 2 saturated heterocycles. The molecule has 1 spiro atoms. The van der Waals surface area contributed by atoms with Crippen LogP contribution in [0.25, 0.3) is 0 Å². The number of aryl methyl sites for hydroxylation is 2. The van der Waals surface area contributed by atoms with Crippen LogP contribution < -0.4 is 5.32 Å². The molecule has 102 valence electrons. The van der Waals surface area contributed by atoms with E-state index in [9.17, 15) is 0 Å². The van der Waals surface area contributed by atoms with Crippen LogP contribution in [-0.4, -0.2) is 41.3 Å². The molecule has 0 radical (unpaired) electrons. The van der Waals surface area contributed by atoms with E-state index in [2.05, 4.69) is 34.3 Å². The fourth-order valence-corrected chi connectivity index (χ4v) is 3.34. The summed E-state index contributed by atoms with van der Waals surface area (Å²) in [6.07, 6.45) is 2.71. The average molecular weight is 271 g/mol. The number of likely N-dealkylation sites (tertiary alicyclic amines) is 1. The molecule has 3 rings (SSSR count). The van der Waals surface area contributed by atoms with Gasteiger partial charge in [-0.25, -0.2) is 0 Å². The molecule has 3 heterocycles. The van der Waals surface area contributed by atoms with E-state index in [1.165, 1.54) is 50.3 Å². The number of rotatable bonds is 2. The van der Waals surface area contributed by atoms with Gasteiger partial charge < -0.3 is 5.32 Å². The molecule has 0 aliphatic carbocycles. The van der Waals surface area contributed by atoms with Crippen molar-refractivity contribution in [2.24, 2.45) is 5.41 Å². The second-order valence-corrected chi connectivity index (χ2v) is 5.80. The highest BCUT2D eigenvalue weighted by Crippen LogP contribution is 2.36. The second-order valence-electron chi connectivity index (χ2n) is 5.80. The molecule has 0 amide bonds. The number of nitrogens with zero attached hydrogens (tertiary/aromatic N) is 2. The normalized spacial score (nSPS) is 27.9. The van der Waals surface area contributed by atoms with Gasteiger partial charge in [-0.15, -0.1) is 12.4 Å². The van der Waals surface area contributed by atoms with Gasteiger partial charge in [0.25, 0.3) is 0 Å². The maximum atomic E-state index is 4.28. The number of hydrogen-bond donors (Lipinski definition) is 2. The molecule has 2 fully saturated rings. The van der Waals surface area contributed by atoms with Crippen LogP contribution in [0.2, 0.25) is 0 Å². The van der Waals surface area contributed by atoms with Gasteiger partial charge in [-0.2, -0.15) is 5.10 Å². The third-order valence-electron chi connectivity index (χ3n) is 4.51. The average Bonchev–Trinajstić information content (AvgIpc) is 3.00. The minimum Gasteiger partial charge on any atom is -0.316 e. The Hall–Kier alpha value is -0.580. The largest absolute Gasteiger partial charge is 0.316 e. The molecule has 5 heteroatoms. The molecule has 2 aliphatic heterocycles. The van der Waals surface area contributed by atoms with Crippen molar-refractivity contribution in [3.05, 3.63) is 17.0 Å². The maximum absolute atomic E-state index is 4.28. The first-order valence-corrected chi connectivity index (χ1v) is 6.62. The minimum atomic E-state index is 0. The van der Waals surface area contributed by atoms with Gasteiger partial charge in [0.1, 0.15) is 0 Å². The van der Waals surface area contributed by atoms with E-state index in [0.717, 1.165) is 12.2 Å². The first-order valence-electron chi connectivity index (χ1n) is 6.62. The first-order chi connectivity index (χ1) is 8.19. The molecule has 18 heavy (non-hydrogen) atoms. The Morgan fingerprint density at radius 1 is 1.33 bits per heavy atom. The van der Waals surface area contributed by atoms with E-state index in [-0.39, 0.29) is 12.4 Å². The van der Waals surface area contributed by atoms with Gasteiger partial charge in [0.2, 0.25) is 0 Å². The summed E-state index contributed by atoms with van der Waals surface area (Å²) in [4.78, 5) is 2.60. The van der Waals surface area contributed by atoms with Gasteiger partial charge >= 0.3 is 0 Å². The van der Waals surface area contributed by atoms with Gasteiger partial charge in [0.15, 0.2) is 0 Å². The molecule has 0 aromatic carbocycles. The van der Waals surface area contributed by atoms with Crippen LogP contribution in [0.1, 0.15) is 29.8 Å².